The fourth-order valence-corrected chi connectivity index (χ4v) is 4.50. The molecule has 2 N–H and O–H groups in total. The van der Waals surface area contributed by atoms with Crippen molar-refractivity contribution in [3.8, 4) is 11.5 Å². The lowest BCUT2D eigenvalue weighted by atomic mass is 9.98. The van der Waals surface area contributed by atoms with Crippen LogP contribution in [0.4, 0.5) is 0 Å². The average Bonchev–Trinajstić information content (AvgIpc) is 3.27. The third-order valence-corrected chi connectivity index (χ3v) is 5.93. The maximum Gasteiger partial charge on any atom is 0.228 e. The van der Waals surface area contributed by atoms with E-state index in [2.05, 4.69) is 4.98 Å². The fourth-order valence-electron chi connectivity index (χ4n) is 3.87. The molecule has 4 rings (SSSR count). The van der Waals surface area contributed by atoms with Crippen LogP contribution in [-0.2, 0) is 11.2 Å². The molecule has 0 bridgehead atoms. The summed E-state index contributed by atoms with van der Waals surface area (Å²) in [6.45, 7) is 3.53. The SMILES string of the molecule is Cc1oc(-c2ccsc2)nc1CC(=O)N1CC2CCC(N)C2C1.Cl. The summed E-state index contributed by atoms with van der Waals surface area (Å²) in [5.74, 6) is 2.55. The van der Waals surface area contributed by atoms with Crippen LogP contribution in [0.2, 0.25) is 0 Å². The Morgan fingerprint density at radius 3 is 3.00 bits per heavy atom. The molecule has 1 saturated heterocycles. The zero-order valence-electron chi connectivity index (χ0n) is 13.6. The number of carbonyl (C=O) groups excluding carboxylic acids is 1. The van der Waals surface area contributed by atoms with Crippen molar-refractivity contribution in [1.82, 2.24) is 9.88 Å². The van der Waals surface area contributed by atoms with Crippen LogP contribution in [0.5, 0.6) is 0 Å². The van der Waals surface area contributed by atoms with Crippen molar-refractivity contribution in [2.24, 2.45) is 17.6 Å². The Labute approximate surface area is 151 Å². The molecule has 0 radical (unpaired) electrons. The highest BCUT2D eigenvalue weighted by Gasteiger charge is 2.42. The summed E-state index contributed by atoms with van der Waals surface area (Å²) < 4.78 is 5.72. The Kier molecular flexibility index (Phi) is 4.99. The topological polar surface area (TPSA) is 72.4 Å². The summed E-state index contributed by atoms with van der Waals surface area (Å²) in [5.41, 5.74) is 7.87. The minimum absolute atomic E-state index is 0. The van der Waals surface area contributed by atoms with Crippen molar-refractivity contribution in [3.63, 3.8) is 0 Å². The van der Waals surface area contributed by atoms with E-state index in [0.717, 1.165) is 42.9 Å². The van der Waals surface area contributed by atoms with E-state index in [1.807, 2.05) is 28.7 Å². The summed E-state index contributed by atoms with van der Waals surface area (Å²) in [4.78, 5) is 19.1. The van der Waals surface area contributed by atoms with E-state index >= 15 is 0 Å². The first-order valence-electron chi connectivity index (χ1n) is 8.14. The maximum atomic E-state index is 12.6. The molecule has 3 unspecified atom stereocenters. The molecule has 5 nitrogen and oxygen atoms in total. The van der Waals surface area contributed by atoms with Crippen LogP contribution in [0.1, 0.15) is 24.3 Å². The van der Waals surface area contributed by atoms with Crippen molar-refractivity contribution in [2.45, 2.75) is 32.2 Å². The molecule has 130 valence electrons. The molecular formula is C17H22ClN3O2S. The van der Waals surface area contributed by atoms with Crippen molar-refractivity contribution in [3.05, 3.63) is 28.3 Å². The van der Waals surface area contributed by atoms with E-state index in [0.29, 0.717) is 24.1 Å². The third-order valence-electron chi connectivity index (χ3n) is 5.24. The minimum Gasteiger partial charge on any atom is -0.441 e. The van der Waals surface area contributed by atoms with E-state index in [1.165, 1.54) is 0 Å². The van der Waals surface area contributed by atoms with E-state index in [-0.39, 0.29) is 24.4 Å². The number of nitrogens with zero attached hydrogens (tertiary/aromatic N) is 2. The van der Waals surface area contributed by atoms with Crippen LogP contribution < -0.4 is 5.73 Å². The normalized spacial score (nSPS) is 25.6. The van der Waals surface area contributed by atoms with E-state index in [1.54, 1.807) is 11.3 Å². The van der Waals surface area contributed by atoms with Gasteiger partial charge >= 0.3 is 0 Å². The lowest BCUT2D eigenvalue weighted by Crippen LogP contribution is -2.34. The molecule has 2 aliphatic rings. The molecule has 1 saturated carbocycles. The molecule has 2 fully saturated rings. The van der Waals surface area contributed by atoms with Gasteiger partial charge in [-0.25, -0.2) is 4.98 Å². The molecule has 0 aromatic carbocycles. The molecule has 3 atom stereocenters. The molecule has 2 aromatic heterocycles. The first-order chi connectivity index (χ1) is 11.1. The second kappa shape index (κ2) is 6.86. The van der Waals surface area contributed by atoms with Gasteiger partial charge in [-0.1, -0.05) is 0 Å². The van der Waals surface area contributed by atoms with Crippen molar-refractivity contribution >= 4 is 29.7 Å². The van der Waals surface area contributed by atoms with Gasteiger partial charge in [0.2, 0.25) is 11.8 Å². The second-order valence-electron chi connectivity index (χ2n) is 6.67. The maximum absolute atomic E-state index is 12.6. The number of amides is 1. The lowest BCUT2D eigenvalue weighted by molar-refractivity contribution is -0.129. The monoisotopic (exact) mass is 367 g/mol. The number of thiophene rings is 1. The quantitative estimate of drug-likeness (QED) is 0.905. The summed E-state index contributed by atoms with van der Waals surface area (Å²) in [6, 6.07) is 2.24. The highest BCUT2D eigenvalue weighted by molar-refractivity contribution is 7.08. The van der Waals surface area contributed by atoms with Gasteiger partial charge in [0.25, 0.3) is 0 Å². The zero-order chi connectivity index (χ0) is 16.0. The molecule has 3 heterocycles. The molecule has 0 spiro atoms. The van der Waals surface area contributed by atoms with Crippen molar-refractivity contribution in [1.29, 1.82) is 0 Å². The van der Waals surface area contributed by atoms with Gasteiger partial charge in [0.15, 0.2) is 0 Å². The van der Waals surface area contributed by atoms with Crippen LogP contribution in [0.15, 0.2) is 21.2 Å². The van der Waals surface area contributed by atoms with E-state index < -0.39 is 0 Å². The summed E-state index contributed by atoms with van der Waals surface area (Å²) in [7, 11) is 0. The largest absolute Gasteiger partial charge is 0.441 e. The summed E-state index contributed by atoms with van der Waals surface area (Å²) in [6.07, 6.45) is 2.57. The number of halogens is 1. The molecule has 2 aromatic rings. The van der Waals surface area contributed by atoms with Gasteiger partial charge in [0, 0.05) is 30.1 Å². The molecule has 24 heavy (non-hydrogen) atoms. The van der Waals surface area contributed by atoms with Crippen LogP contribution >= 0.6 is 23.7 Å². The summed E-state index contributed by atoms with van der Waals surface area (Å²) in [5, 5.41) is 3.99. The van der Waals surface area contributed by atoms with Gasteiger partial charge in [-0.3, -0.25) is 4.79 Å². The lowest BCUT2D eigenvalue weighted by Gasteiger charge is -2.18. The average molecular weight is 368 g/mol. The minimum atomic E-state index is 0. The van der Waals surface area contributed by atoms with Gasteiger partial charge in [-0.15, -0.1) is 12.4 Å². The zero-order valence-corrected chi connectivity index (χ0v) is 15.2. The molecule has 1 aliphatic heterocycles. The van der Waals surface area contributed by atoms with Crippen molar-refractivity contribution < 1.29 is 9.21 Å². The Morgan fingerprint density at radius 2 is 2.29 bits per heavy atom. The highest BCUT2D eigenvalue weighted by Crippen LogP contribution is 2.37. The number of aryl methyl sites for hydroxylation is 1. The van der Waals surface area contributed by atoms with Gasteiger partial charge in [-0.2, -0.15) is 11.3 Å². The van der Waals surface area contributed by atoms with Crippen LogP contribution in [-0.4, -0.2) is 34.9 Å². The first-order valence-corrected chi connectivity index (χ1v) is 9.08. The third kappa shape index (κ3) is 3.10. The fraction of sp³-hybridized carbons (Fsp3) is 0.529. The Hall–Kier alpha value is -1.37. The van der Waals surface area contributed by atoms with Crippen LogP contribution in [0.25, 0.3) is 11.5 Å². The van der Waals surface area contributed by atoms with Crippen LogP contribution in [0, 0.1) is 18.8 Å². The molecule has 1 aliphatic carbocycles. The van der Waals surface area contributed by atoms with E-state index in [9.17, 15) is 4.79 Å². The molecule has 7 heteroatoms. The smallest absolute Gasteiger partial charge is 0.228 e. The standard InChI is InChI=1S/C17H21N3O2S.ClH/c1-10-15(19-17(22-10)12-4-5-23-9-12)6-16(21)20-7-11-2-3-14(18)13(11)8-20;/h4-5,9,11,13-14H,2-3,6-8,18H2,1H3;1H. The number of nitrogens with two attached hydrogens (primary N) is 1. The predicted molar refractivity (Wildman–Crippen MR) is 96.3 cm³/mol. The van der Waals surface area contributed by atoms with Gasteiger partial charge in [0.1, 0.15) is 5.76 Å². The van der Waals surface area contributed by atoms with Gasteiger partial charge < -0.3 is 15.1 Å². The number of oxazole rings is 1. The molecule has 1 amide bonds. The molecular weight excluding hydrogens is 346 g/mol. The Bertz CT molecular complexity index is 715. The number of hydrogen-bond donors (Lipinski definition) is 1. The summed E-state index contributed by atoms with van der Waals surface area (Å²) >= 11 is 1.61. The number of rotatable bonds is 3. The second-order valence-corrected chi connectivity index (χ2v) is 7.45. The van der Waals surface area contributed by atoms with Crippen molar-refractivity contribution in [2.75, 3.05) is 13.1 Å². The van der Waals surface area contributed by atoms with Crippen LogP contribution in [0.3, 0.4) is 0 Å². The Balaban J connectivity index is 0.00000169. The number of likely N-dealkylation sites (tertiary alicyclic amines) is 1. The highest BCUT2D eigenvalue weighted by atomic mass is 35.5. The predicted octanol–water partition coefficient (Wildman–Crippen LogP) is 2.87. The van der Waals surface area contributed by atoms with E-state index in [4.69, 9.17) is 10.2 Å². The van der Waals surface area contributed by atoms with Gasteiger partial charge in [0.05, 0.1) is 12.1 Å². The number of fused-ring (bicyclic) bond motifs is 1. The number of carbonyl (C=O) groups is 1. The van der Waals surface area contributed by atoms with Gasteiger partial charge in [-0.05, 0) is 43.0 Å². The Morgan fingerprint density at radius 1 is 1.46 bits per heavy atom. The number of aromatic nitrogens is 1. The number of hydrogen-bond acceptors (Lipinski definition) is 5. The first kappa shape index (κ1) is 17.5.